The lowest BCUT2D eigenvalue weighted by Gasteiger charge is -2.13. The highest BCUT2D eigenvalue weighted by molar-refractivity contribution is 5.88. The van der Waals surface area contributed by atoms with Gasteiger partial charge in [-0.3, -0.25) is 10.1 Å². The molecule has 4 rings (SSSR count). The van der Waals surface area contributed by atoms with Gasteiger partial charge in [-0.25, -0.2) is 4.79 Å². The minimum Gasteiger partial charge on any atom is -0.488 e. The second kappa shape index (κ2) is 6.29. The number of aryl methyl sites for hydroxylation is 2. The average molecular weight is 351 g/mol. The summed E-state index contributed by atoms with van der Waals surface area (Å²) < 4.78 is 11.5. The first-order valence-electron chi connectivity index (χ1n) is 8.48. The molecule has 0 unspecified atom stereocenters. The van der Waals surface area contributed by atoms with E-state index in [-0.39, 0.29) is 17.9 Å². The smallest absolute Gasteiger partial charge is 0.339 e. The number of benzene rings is 2. The summed E-state index contributed by atoms with van der Waals surface area (Å²) in [4.78, 5) is 22.5. The zero-order valence-corrected chi connectivity index (χ0v) is 14.3. The summed E-state index contributed by atoms with van der Waals surface area (Å²) in [6.45, 7) is 2.20. The van der Waals surface area contributed by atoms with Gasteiger partial charge in [0, 0.05) is 17.7 Å². The molecule has 0 amide bonds. The van der Waals surface area contributed by atoms with E-state index in [1.165, 1.54) is 12.1 Å². The van der Waals surface area contributed by atoms with E-state index in [2.05, 4.69) is 0 Å². The second-order valence-corrected chi connectivity index (χ2v) is 6.55. The zero-order chi connectivity index (χ0) is 18.3. The highest BCUT2D eigenvalue weighted by atomic mass is 16.6. The summed E-state index contributed by atoms with van der Waals surface area (Å²) in [5, 5.41) is 11.6. The van der Waals surface area contributed by atoms with Crippen LogP contribution in [0.5, 0.6) is 5.75 Å². The molecular weight excluding hydrogens is 334 g/mol. The third kappa shape index (κ3) is 2.83. The molecule has 0 N–H and O–H groups in total. The van der Waals surface area contributed by atoms with Gasteiger partial charge in [0.15, 0.2) is 0 Å². The van der Waals surface area contributed by atoms with E-state index in [9.17, 15) is 14.9 Å². The Labute approximate surface area is 149 Å². The zero-order valence-electron chi connectivity index (χ0n) is 14.3. The molecule has 132 valence electrons. The van der Waals surface area contributed by atoms with E-state index in [1.54, 1.807) is 12.1 Å². The van der Waals surface area contributed by atoms with E-state index in [0.29, 0.717) is 11.3 Å². The number of fused-ring (bicyclic) bond motifs is 3. The Kier molecular flexibility index (Phi) is 3.95. The number of nitrogens with zero attached hydrogens (tertiary/aromatic N) is 1. The van der Waals surface area contributed by atoms with Gasteiger partial charge in [0.2, 0.25) is 0 Å². The Morgan fingerprint density at radius 2 is 1.88 bits per heavy atom. The lowest BCUT2D eigenvalue weighted by atomic mass is 10.0. The standard InChI is InChI=1S/C20H17NO5/c1-12-9-17(25-11-13-5-7-14(8-6-13)21(23)24)19-15-3-2-4-16(15)20(22)26-18(19)10-12/h5-10H,2-4,11H2,1H3. The Balaban J connectivity index is 1.71. The molecule has 6 nitrogen and oxygen atoms in total. The fraction of sp³-hybridized carbons (Fsp3) is 0.250. The van der Waals surface area contributed by atoms with Crippen molar-refractivity contribution in [1.29, 1.82) is 0 Å². The van der Waals surface area contributed by atoms with Gasteiger partial charge in [0.05, 0.1) is 10.3 Å². The minimum absolute atomic E-state index is 0.0503. The Morgan fingerprint density at radius 3 is 2.62 bits per heavy atom. The van der Waals surface area contributed by atoms with Crippen molar-refractivity contribution in [3.63, 3.8) is 0 Å². The van der Waals surface area contributed by atoms with E-state index < -0.39 is 4.92 Å². The molecule has 2 aromatic carbocycles. The number of ether oxygens (including phenoxy) is 1. The number of hydrogen-bond acceptors (Lipinski definition) is 5. The topological polar surface area (TPSA) is 82.6 Å². The summed E-state index contributed by atoms with van der Waals surface area (Å²) >= 11 is 0. The lowest BCUT2D eigenvalue weighted by Crippen LogP contribution is -2.08. The van der Waals surface area contributed by atoms with Gasteiger partial charge >= 0.3 is 5.63 Å². The molecule has 0 aliphatic heterocycles. The number of hydrogen-bond donors (Lipinski definition) is 0. The molecule has 1 heterocycles. The van der Waals surface area contributed by atoms with Crippen molar-refractivity contribution >= 4 is 16.7 Å². The SMILES string of the molecule is Cc1cc(OCc2ccc([N+](=O)[O-])cc2)c2c3c(c(=O)oc2c1)CCC3. The largest absolute Gasteiger partial charge is 0.488 e. The molecule has 0 spiro atoms. The summed E-state index contributed by atoms with van der Waals surface area (Å²) in [5.41, 5.74) is 3.90. The van der Waals surface area contributed by atoms with Crippen molar-refractivity contribution in [3.05, 3.63) is 79.2 Å². The highest BCUT2D eigenvalue weighted by Crippen LogP contribution is 2.35. The van der Waals surface area contributed by atoms with Crippen LogP contribution in [0.4, 0.5) is 5.69 Å². The van der Waals surface area contributed by atoms with Gasteiger partial charge < -0.3 is 9.15 Å². The molecule has 1 aliphatic carbocycles. The first kappa shape index (κ1) is 16.3. The van der Waals surface area contributed by atoms with Crippen LogP contribution in [-0.2, 0) is 19.4 Å². The summed E-state index contributed by atoms with van der Waals surface area (Å²) in [7, 11) is 0. The van der Waals surface area contributed by atoms with Crippen molar-refractivity contribution in [2.24, 2.45) is 0 Å². The maximum Gasteiger partial charge on any atom is 0.339 e. The van der Waals surface area contributed by atoms with E-state index in [1.807, 2.05) is 19.1 Å². The highest BCUT2D eigenvalue weighted by Gasteiger charge is 2.22. The molecule has 0 radical (unpaired) electrons. The lowest BCUT2D eigenvalue weighted by molar-refractivity contribution is -0.384. The third-order valence-corrected chi connectivity index (χ3v) is 4.72. The molecule has 0 bridgehead atoms. The van der Waals surface area contributed by atoms with Crippen LogP contribution in [0.1, 0.15) is 28.7 Å². The van der Waals surface area contributed by atoms with Crippen molar-refractivity contribution in [2.75, 3.05) is 0 Å². The number of nitro benzene ring substituents is 1. The third-order valence-electron chi connectivity index (χ3n) is 4.72. The molecule has 1 aliphatic rings. The van der Waals surface area contributed by atoms with Gasteiger partial charge in [0.1, 0.15) is 17.9 Å². The molecule has 0 saturated heterocycles. The van der Waals surface area contributed by atoms with Gasteiger partial charge in [-0.15, -0.1) is 0 Å². The molecule has 0 atom stereocenters. The molecule has 0 saturated carbocycles. The summed E-state index contributed by atoms with van der Waals surface area (Å²) in [6.07, 6.45) is 2.52. The molecule has 3 aromatic rings. The Morgan fingerprint density at radius 1 is 1.15 bits per heavy atom. The molecule has 6 heteroatoms. The van der Waals surface area contributed by atoms with Gasteiger partial charge in [-0.05, 0) is 67.1 Å². The van der Waals surface area contributed by atoms with Crippen LogP contribution in [-0.4, -0.2) is 4.92 Å². The van der Waals surface area contributed by atoms with Crippen molar-refractivity contribution in [1.82, 2.24) is 0 Å². The summed E-state index contributed by atoms with van der Waals surface area (Å²) in [6, 6.07) is 10.1. The van der Waals surface area contributed by atoms with E-state index >= 15 is 0 Å². The van der Waals surface area contributed by atoms with Crippen molar-refractivity contribution in [2.45, 2.75) is 32.8 Å². The molecule has 1 aromatic heterocycles. The quantitative estimate of drug-likeness (QED) is 0.402. The van der Waals surface area contributed by atoms with Crippen LogP contribution in [0.3, 0.4) is 0 Å². The van der Waals surface area contributed by atoms with E-state index in [4.69, 9.17) is 9.15 Å². The molecule has 0 fully saturated rings. The fourth-order valence-electron chi connectivity index (χ4n) is 3.49. The molecular formula is C20H17NO5. The number of rotatable bonds is 4. The van der Waals surface area contributed by atoms with Crippen LogP contribution in [0.2, 0.25) is 0 Å². The van der Waals surface area contributed by atoms with Crippen LogP contribution in [0, 0.1) is 17.0 Å². The Hall–Kier alpha value is -3.15. The normalized spacial score (nSPS) is 13.0. The molecule has 26 heavy (non-hydrogen) atoms. The first-order valence-corrected chi connectivity index (χ1v) is 8.48. The van der Waals surface area contributed by atoms with Crippen molar-refractivity contribution < 1.29 is 14.1 Å². The number of non-ortho nitro benzene ring substituents is 1. The van der Waals surface area contributed by atoms with E-state index in [0.717, 1.165) is 46.9 Å². The maximum atomic E-state index is 12.2. The van der Waals surface area contributed by atoms with Crippen LogP contribution < -0.4 is 10.4 Å². The maximum absolute atomic E-state index is 12.2. The van der Waals surface area contributed by atoms with Gasteiger partial charge in [-0.2, -0.15) is 0 Å². The van der Waals surface area contributed by atoms with Crippen molar-refractivity contribution in [3.8, 4) is 5.75 Å². The summed E-state index contributed by atoms with van der Waals surface area (Å²) in [5.74, 6) is 0.681. The van der Waals surface area contributed by atoms with Crippen LogP contribution in [0.15, 0.2) is 45.6 Å². The Bertz CT molecular complexity index is 1070. The van der Waals surface area contributed by atoms with Gasteiger partial charge in [-0.1, -0.05) is 0 Å². The van der Waals surface area contributed by atoms with Crippen LogP contribution in [0.25, 0.3) is 11.0 Å². The second-order valence-electron chi connectivity index (χ2n) is 6.55. The monoisotopic (exact) mass is 351 g/mol. The predicted molar refractivity (Wildman–Crippen MR) is 96.7 cm³/mol. The minimum atomic E-state index is -0.427. The van der Waals surface area contributed by atoms with Crippen LogP contribution >= 0.6 is 0 Å². The van der Waals surface area contributed by atoms with Gasteiger partial charge in [0.25, 0.3) is 5.69 Å². The average Bonchev–Trinajstić information content (AvgIpc) is 3.10. The first-order chi connectivity index (χ1) is 12.5. The fourth-order valence-corrected chi connectivity index (χ4v) is 3.49. The number of nitro groups is 1. The predicted octanol–water partition coefficient (Wildman–Crippen LogP) is 4.08.